The second kappa shape index (κ2) is 5.21. The van der Waals surface area contributed by atoms with Gasteiger partial charge in [0.2, 0.25) is 0 Å². The highest BCUT2D eigenvalue weighted by molar-refractivity contribution is 6.07. The Morgan fingerprint density at radius 3 is 2.75 bits per heavy atom. The van der Waals surface area contributed by atoms with E-state index in [9.17, 15) is 4.79 Å². The van der Waals surface area contributed by atoms with Crippen molar-refractivity contribution in [2.24, 2.45) is 0 Å². The third kappa shape index (κ3) is 2.57. The fraction of sp³-hybridized carbons (Fsp3) is 0.118. The molecule has 0 bridgehead atoms. The lowest BCUT2D eigenvalue weighted by atomic mass is 10.0. The molecule has 1 aliphatic rings. The minimum atomic E-state index is -0.00322. The lowest BCUT2D eigenvalue weighted by molar-refractivity contribution is 0.104. The van der Waals surface area contributed by atoms with Crippen LogP contribution in [0.25, 0.3) is 6.08 Å². The van der Waals surface area contributed by atoms with Crippen LogP contribution in [0.15, 0.2) is 48.5 Å². The van der Waals surface area contributed by atoms with Gasteiger partial charge in [-0.05, 0) is 47.5 Å². The van der Waals surface area contributed by atoms with Gasteiger partial charge in [0.05, 0.1) is 6.61 Å². The normalized spacial score (nSPS) is 13.2. The quantitative estimate of drug-likeness (QED) is 0.527. The van der Waals surface area contributed by atoms with Crippen molar-refractivity contribution in [3.05, 3.63) is 65.2 Å². The molecule has 0 aliphatic carbocycles. The predicted octanol–water partition coefficient (Wildman–Crippen LogP) is 3.10. The molecule has 2 aromatic rings. The maximum absolute atomic E-state index is 12.1. The highest BCUT2D eigenvalue weighted by Crippen LogP contribution is 2.26. The summed E-state index contributed by atoms with van der Waals surface area (Å²) in [5.41, 5.74) is 9.10. The second-order valence-corrected chi connectivity index (χ2v) is 4.79. The van der Waals surface area contributed by atoms with Gasteiger partial charge in [-0.15, -0.1) is 0 Å². The Morgan fingerprint density at radius 2 is 1.95 bits per heavy atom. The minimum absolute atomic E-state index is 0.00322. The van der Waals surface area contributed by atoms with Crippen molar-refractivity contribution in [1.82, 2.24) is 0 Å². The molecular weight excluding hydrogens is 250 g/mol. The molecule has 0 fully saturated rings. The smallest absolute Gasteiger partial charge is 0.185 e. The highest BCUT2D eigenvalue weighted by atomic mass is 16.5. The second-order valence-electron chi connectivity index (χ2n) is 4.79. The Labute approximate surface area is 117 Å². The maximum Gasteiger partial charge on any atom is 0.185 e. The molecule has 2 aromatic carbocycles. The zero-order valence-corrected chi connectivity index (χ0v) is 11.0. The lowest BCUT2D eigenvalue weighted by Gasteiger charge is -2.01. The van der Waals surface area contributed by atoms with Crippen LogP contribution in [0.2, 0.25) is 0 Å². The van der Waals surface area contributed by atoms with Crippen molar-refractivity contribution >= 4 is 17.5 Å². The number of nitrogen functional groups attached to an aromatic ring is 1. The molecular formula is C17H15NO2. The molecule has 0 saturated heterocycles. The van der Waals surface area contributed by atoms with Crippen LogP contribution in [0.1, 0.15) is 21.5 Å². The van der Waals surface area contributed by atoms with E-state index < -0.39 is 0 Å². The standard InChI is InChI=1S/C17H15NO2/c18-15-5-1-12(2-6-15)3-7-16(19)13-4-8-17-14(11-13)9-10-20-17/h1-8,11H,9-10,18H2/b7-3+. The molecule has 1 heterocycles. The monoisotopic (exact) mass is 265 g/mol. The predicted molar refractivity (Wildman–Crippen MR) is 79.9 cm³/mol. The van der Waals surface area contributed by atoms with Crippen LogP contribution in [0.4, 0.5) is 5.69 Å². The van der Waals surface area contributed by atoms with Crippen LogP contribution >= 0.6 is 0 Å². The van der Waals surface area contributed by atoms with Crippen LogP contribution in [0, 0.1) is 0 Å². The zero-order chi connectivity index (χ0) is 13.9. The number of fused-ring (bicyclic) bond motifs is 1. The van der Waals surface area contributed by atoms with Gasteiger partial charge in [-0.1, -0.05) is 18.2 Å². The fourth-order valence-corrected chi connectivity index (χ4v) is 2.22. The molecule has 0 aromatic heterocycles. The third-order valence-electron chi connectivity index (χ3n) is 3.34. The van der Waals surface area contributed by atoms with E-state index in [1.807, 2.05) is 36.4 Å². The molecule has 0 amide bonds. The third-order valence-corrected chi connectivity index (χ3v) is 3.34. The molecule has 3 nitrogen and oxygen atoms in total. The molecule has 0 saturated carbocycles. The number of hydrogen-bond acceptors (Lipinski definition) is 3. The number of ether oxygens (including phenoxy) is 1. The van der Waals surface area contributed by atoms with E-state index >= 15 is 0 Å². The molecule has 0 radical (unpaired) electrons. The summed E-state index contributed by atoms with van der Waals surface area (Å²) in [5.74, 6) is 0.889. The first-order valence-electron chi connectivity index (χ1n) is 6.56. The Hall–Kier alpha value is -2.55. The Bertz CT molecular complexity index is 672. The van der Waals surface area contributed by atoms with E-state index in [2.05, 4.69) is 0 Å². The molecule has 0 atom stereocenters. The SMILES string of the molecule is Nc1ccc(/C=C/C(=O)c2ccc3c(c2)CCO3)cc1. The van der Waals surface area contributed by atoms with Crippen molar-refractivity contribution < 1.29 is 9.53 Å². The number of carbonyl (C=O) groups is 1. The Balaban J connectivity index is 1.77. The summed E-state index contributed by atoms with van der Waals surface area (Å²) in [7, 11) is 0. The van der Waals surface area contributed by atoms with Crippen molar-refractivity contribution in [1.29, 1.82) is 0 Å². The molecule has 20 heavy (non-hydrogen) atoms. The summed E-state index contributed by atoms with van der Waals surface area (Å²) in [6.45, 7) is 0.703. The number of allylic oxidation sites excluding steroid dienone is 1. The number of nitrogens with two attached hydrogens (primary N) is 1. The van der Waals surface area contributed by atoms with Gasteiger partial charge in [0.15, 0.2) is 5.78 Å². The van der Waals surface area contributed by atoms with Crippen LogP contribution < -0.4 is 10.5 Å². The Kier molecular flexibility index (Phi) is 3.25. The van der Waals surface area contributed by atoms with E-state index in [0.29, 0.717) is 17.9 Å². The van der Waals surface area contributed by atoms with Gasteiger partial charge < -0.3 is 10.5 Å². The minimum Gasteiger partial charge on any atom is -0.493 e. The van der Waals surface area contributed by atoms with Crippen LogP contribution in [0.5, 0.6) is 5.75 Å². The highest BCUT2D eigenvalue weighted by Gasteiger charge is 2.13. The van der Waals surface area contributed by atoms with Crippen molar-refractivity contribution in [2.45, 2.75) is 6.42 Å². The first-order chi connectivity index (χ1) is 9.72. The van der Waals surface area contributed by atoms with E-state index in [1.54, 1.807) is 18.2 Å². The van der Waals surface area contributed by atoms with Gasteiger partial charge in [0.25, 0.3) is 0 Å². The van der Waals surface area contributed by atoms with E-state index in [1.165, 1.54) is 0 Å². The number of benzene rings is 2. The number of carbonyl (C=O) groups excluding carboxylic acids is 1. The van der Waals surface area contributed by atoms with Gasteiger partial charge in [0.1, 0.15) is 5.75 Å². The van der Waals surface area contributed by atoms with Gasteiger partial charge >= 0.3 is 0 Å². The van der Waals surface area contributed by atoms with Crippen LogP contribution in [-0.2, 0) is 6.42 Å². The summed E-state index contributed by atoms with van der Waals surface area (Å²) in [4.78, 5) is 12.1. The van der Waals surface area contributed by atoms with Crippen molar-refractivity contribution in [3.8, 4) is 5.75 Å². The van der Waals surface area contributed by atoms with Crippen molar-refractivity contribution in [2.75, 3.05) is 12.3 Å². The summed E-state index contributed by atoms with van der Waals surface area (Å²) in [5, 5.41) is 0. The Morgan fingerprint density at radius 1 is 1.15 bits per heavy atom. The first-order valence-corrected chi connectivity index (χ1v) is 6.56. The summed E-state index contributed by atoms with van der Waals surface area (Å²) >= 11 is 0. The van der Waals surface area contributed by atoms with Gasteiger partial charge in [-0.25, -0.2) is 0 Å². The fourth-order valence-electron chi connectivity index (χ4n) is 2.22. The van der Waals surface area contributed by atoms with Crippen LogP contribution in [0.3, 0.4) is 0 Å². The average molecular weight is 265 g/mol. The molecule has 3 heteroatoms. The number of anilines is 1. The average Bonchev–Trinajstić information content (AvgIpc) is 2.93. The van der Waals surface area contributed by atoms with Crippen molar-refractivity contribution in [3.63, 3.8) is 0 Å². The number of ketones is 1. The molecule has 2 N–H and O–H groups in total. The van der Waals surface area contributed by atoms with Gasteiger partial charge in [-0.2, -0.15) is 0 Å². The van der Waals surface area contributed by atoms with Gasteiger partial charge in [0, 0.05) is 17.7 Å². The van der Waals surface area contributed by atoms with E-state index in [0.717, 1.165) is 23.3 Å². The van der Waals surface area contributed by atoms with Crippen LogP contribution in [-0.4, -0.2) is 12.4 Å². The number of rotatable bonds is 3. The van der Waals surface area contributed by atoms with E-state index in [-0.39, 0.29) is 5.78 Å². The molecule has 0 spiro atoms. The lowest BCUT2D eigenvalue weighted by Crippen LogP contribution is -1.95. The molecule has 3 rings (SSSR count). The number of hydrogen-bond donors (Lipinski definition) is 1. The van der Waals surface area contributed by atoms with Gasteiger partial charge in [-0.3, -0.25) is 4.79 Å². The summed E-state index contributed by atoms with van der Waals surface area (Å²) in [6.07, 6.45) is 4.26. The summed E-state index contributed by atoms with van der Waals surface area (Å²) < 4.78 is 5.43. The molecule has 0 unspecified atom stereocenters. The topological polar surface area (TPSA) is 52.3 Å². The first kappa shape index (κ1) is 12.5. The zero-order valence-electron chi connectivity index (χ0n) is 11.0. The molecule has 100 valence electrons. The largest absolute Gasteiger partial charge is 0.493 e. The summed E-state index contributed by atoms with van der Waals surface area (Å²) in [6, 6.07) is 13.0. The van der Waals surface area contributed by atoms with E-state index in [4.69, 9.17) is 10.5 Å². The maximum atomic E-state index is 12.1. The molecule has 1 aliphatic heterocycles.